The molecule has 164 valence electrons. The largest absolute Gasteiger partial charge is 0.373 e. The van der Waals surface area contributed by atoms with Gasteiger partial charge in [-0.05, 0) is 37.0 Å². The van der Waals surface area contributed by atoms with Gasteiger partial charge in [0.25, 0.3) is 0 Å². The molecular weight excluding hydrogens is 397 g/mol. The van der Waals surface area contributed by atoms with E-state index in [0.717, 1.165) is 35.5 Å². The summed E-state index contributed by atoms with van der Waals surface area (Å²) in [6.45, 7) is 3.42. The number of hydrogen-bond donors (Lipinski definition) is 1. The number of fused-ring (bicyclic) bond motifs is 1. The number of hydrogen-bond acceptors (Lipinski definition) is 5. The van der Waals surface area contributed by atoms with Crippen LogP contribution in [-0.2, 0) is 29.0 Å². The van der Waals surface area contributed by atoms with Crippen molar-refractivity contribution in [3.63, 3.8) is 0 Å². The molecule has 1 aromatic carbocycles. The van der Waals surface area contributed by atoms with Gasteiger partial charge in [-0.2, -0.15) is 0 Å². The smallest absolute Gasteiger partial charge is 0.223 e. The molecule has 0 radical (unpaired) electrons. The molecule has 1 unspecified atom stereocenters. The van der Waals surface area contributed by atoms with Gasteiger partial charge in [0.2, 0.25) is 11.8 Å². The van der Waals surface area contributed by atoms with Crippen LogP contribution >= 0.6 is 0 Å². The molecule has 3 heterocycles. The second-order valence-corrected chi connectivity index (χ2v) is 8.17. The van der Waals surface area contributed by atoms with Crippen LogP contribution in [0.1, 0.15) is 54.9 Å². The Morgan fingerprint density at radius 1 is 1.19 bits per heavy atom. The minimum Gasteiger partial charge on any atom is -0.373 e. The van der Waals surface area contributed by atoms with E-state index in [2.05, 4.69) is 5.32 Å². The Bertz CT molecular complexity index is 961. The summed E-state index contributed by atoms with van der Waals surface area (Å²) in [6.07, 6.45) is 3.39. The van der Waals surface area contributed by atoms with Crippen molar-refractivity contribution >= 4 is 17.6 Å². The lowest BCUT2D eigenvalue weighted by Crippen LogP contribution is -2.36. The van der Waals surface area contributed by atoms with Gasteiger partial charge in [0, 0.05) is 45.5 Å². The number of nitrogens with zero attached hydrogens (tertiary/aromatic N) is 4. The lowest BCUT2D eigenvalue weighted by Gasteiger charge is -2.30. The number of carbonyl (C=O) groups excluding carboxylic acids is 2. The molecule has 8 heteroatoms. The highest BCUT2D eigenvalue weighted by Crippen LogP contribution is 2.33. The third kappa shape index (κ3) is 4.52. The quantitative estimate of drug-likeness (QED) is 0.797. The second kappa shape index (κ2) is 8.99. The highest BCUT2D eigenvalue weighted by Gasteiger charge is 2.33. The summed E-state index contributed by atoms with van der Waals surface area (Å²) in [7, 11) is 1.82. The molecule has 2 aromatic rings. The average molecular weight is 426 g/mol. The molecule has 0 spiro atoms. The number of nitrogens with one attached hydrogen (secondary N) is 1. The zero-order valence-corrected chi connectivity index (χ0v) is 18.0. The zero-order chi connectivity index (χ0) is 22.0. The van der Waals surface area contributed by atoms with Crippen LogP contribution in [-0.4, -0.2) is 51.7 Å². The lowest BCUT2D eigenvalue weighted by atomic mass is 10.0. The molecular formula is C23H28FN5O2. The summed E-state index contributed by atoms with van der Waals surface area (Å²) >= 11 is 0. The number of aromatic nitrogens is 2. The van der Waals surface area contributed by atoms with Crippen molar-refractivity contribution in [3.05, 3.63) is 52.7 Å². The van der Waals surface area contributed by atoms with E-state index >= 15 is 0 Å². The summed E-state index contributed by atoms with van der Waals surface area (Å²) in [5.74, 6) is 1.25. The fraction of sp³-hybridized carbons (Fsp3) is 0.478. The number of anilines is 1. The average Bonchev–Trinajstić information content (AvgIpc) is 3.27. The maximum absolute atomic E-state index is 13.1. The summed E-state index contributed by atoms with van der Waals surface area (Å²) < 4.78 is 13.1. The van der Waals surface area contributed by atoms with Crippen molar-refractivity contribution in [1.29, 1.82) is 0 Å². The molecule has 1 aromatic heterocycles. The molecule has 1 saturated heterocycles. The summed E-state index contributed by atoms with van der Waals surface area (Å²) in [6, 6.07) is 6.15. The highest BCUT2D eigenvalue weighted by molar-refractivity contribution is 5.77. The van der Waals surface area contributed by atoms with Gasteiger partial charge in [0.1, 0.15) is 11.6 Å². The Hall–Kier alpha value is -3.03. The van der Waals surface area contributed by atoms with Gasteiger partial charge in [-0.25, -0.2) is 14.4 Å². The first-order valence-corrected chi connectivity index (χ1v) is 10.8. The molecule has 2 aliphatic heterocycles. The molecule has 0 aliphatic carbocycles. The molecule has 1 atom stereocenters. The minimum atomic E-state index is -0.272. The van der Waals surface area contributed by atoms with E-state index in [0.29, 0.717) is 44.7 Å². The van der Waals surface area contributed by atoms with Crippen LogP contribution in [0.15, 0.2) is 24.3 Å². The first-order valence-electron chi connectivity index (χ1n) is 10.8. The summed E-state index contributed by atoms with van der Waals surface area (Å²) in [5.41, 5.74) is 2.86. The van der Waals surface area contributed by atoms with Crippen molar-refractivity contribution in [1.82, 2.24) is 19.8 Å². The predicted octanol–water partition coefficient (Wildman–Crippen LogP) is 2.86. The molecule has 1 fully saturated rings. The molecule has 1 N–H and O–H groups in total. The third-order valence-electron chi connectivity index (χ3n) is 6.17. The van der Waals surface area contributed by atoms with Crippen molar-refractivity contribution in [2.75, 3.05) is 25.5 Å². The topological polar surface area (TPSA) is 78.4 Å². The number of aryl methyl sites for hydroxylation is 1. The van der Waals surface area contributed by atoms with E-state index in [4.69, 9.17) is 9.97 Å². The van der Waals surface area contributed by atoms with Crippen molar-refractivity contribution in [2.45, 2.75) is 51.6 Å². The van der Waals surface area contributed by atoms with Crippen LogP contribution in [0, 0.1) is 5.82 Å². The molecule has 0 bridgehead atoms. The van der Waals surface area contributed by atoms with Crippen molar-refractivity contribution in [2.24, 2.45) is 0 Å². The molecule has 4 rings (SSSR count). The van der Waals surface area contributed by atoms with E-state index in [9.17, 15) is 14.0 Å². The van der Waals surface area contributed by atoms with Gasteiger partial charge in [-0.3, -0.25) is 9.59 Å². The van der Waals surface area contributed by atoms with Crippen molar-refractivity contribution in [3.8, 4) is 0 Å². The van der Waals surface area contributed by atoms with Crippen LogP contribution in [0.4, 0.5) is 10.2 Å². The summed E-state index contributed by atoms with van der Waals surface area (Å²) in [4.78, 5) is 38.0. The van der Waals surface area contributed by atoms with E-state index in [1.807, 2.05) is 11.9 Å². The van der Waals surface area contributed by atoms with Crippen LogP contribution in [0.25, 0.3) is 0 Å². The Morgan fingerprint density at radius 2 is 1.97 bits per heavy atom. The van der Waals surface area contributed by atoms with Gasteiger partial charge in [0.15, 0.2) is 5.82 Å². The lowest BCUT2D eigenvalue weighted by molar-refractivity contribution is -0.132. The molecule has 31 heavy (non-hydrogen) atoms. The maximum Gasteiger partial charge on any atom is 0.223 e. The Morgan fingerprint density at radius 3 is 2.68 bits per heavy atom. The maximum atomic E-state index is 13.1. The van der Waals surface area contributed by atoms with Gasteiger partial charge in [-0.1, -0.05) is 12.1 Å². The molecule has 7 nitrogen and oxygen atoms in total. The van der Waals surface area contributed by atoms with Crippen LogP contribution in [0.5, 0.6) is 0 Å². The van der Waals surface area contributed by atoms with Gasteiger partial charge < -0.3 is 15.1 Å². The van der Waals surface area contributed by atoms with E-state index < -0.39 is 0 Å². The number of halogens is 1. The number of likely N-dealkylation sites (tertiary alicyclic amines) is 1. The Balaban J connectivity index is 1.51. The molecule has 0 saturated carbocycles. The highest BCUT2D eigenvalue weighted by atomic mass is 19.1. The first kappa shape index (κ1) is 21.2. The first-order chi connectivity index (χ1) is 15.0. The normalized spacial score (nSPS) is 18.1. The van der Waals surface area contributed by atoms with Crippen LogP contribution < -0.4 is 5.32 Å². The number of amides is 2. The van der Waals surface area contributed by atoms with Gasteiger partial charge >= 0.3 is 0 Å². The van der Waals surface area contributed by atoms with Gasteiger partial charge in [-0.15, -0.1) is 0 Å². The van der Waals surface area contributed by atoms with E-state index in [1.165, 1.54) is 12.1 Å². The van der Waals surface area contributed by atoms with Crippen LogP contribution in [0.2, 0.25) is 0 Å². The third-order valence-corrected chi connectivity index (χ3v) is 6.17. The molecule has 2 aliphatic rings. The van der Waals surface area contributed by atoms with Gasteiger partial charge in [0.05, 0.1) is 18.3 Å². The standard InChI is InChI=1S/C23H28FN5O2/c1-15(30)28-13-11-19-18(14-28)22(25-2)27-23(26-19)20-4-3-12-29(20)21(31)10-7-16-5-8-17(24)9-6-16/h5-6,8-9,20H,3-4,7,10-14H2,1-2H3,(H,25,26,27). The fourth-order valence-corrected chi connectivity index (χ4v) is 4.44. The summed E-state index contributed by atoms with van der Waals surface area (Å²) in [5, 5.41) is 3.15. The predicted molar refractivity (Wildman–Crippen MR) is 115 cm³/mol. The SMILES string of the molecule is CNc1nc(C2CCCN2C(=O)CCc2ccc(F)cc2)nc2c1CN(C(C)=O)CC2. The second-order valence-electron chi connectivity index (χ2n) is 8.17. The number of benzene rings is 1. The zero-order valence-electron chi connectivity index (χ0n) is 18.0. The van der Waals surface area contributed by atoms with Crippen LogP contribution in [0.3, 0.4) is 0 Å². The van der Waals surface area contributed by atoms with E-state index in [1.54, 1.807) is 24.0 Å². The van der Waals surface area contributed by atoms with E-state index in [-0.39, 0.29) is 23.7 Å². The number of carbonyl (C=O) groups is 2. The Kier molecular flexibility index (Phi) is 6.15. The number of rotatable bonds is 5. The van der Waals surface area contributed by atoms with Crippen molar-refractivity contribution < 1.29 is 14.0 Å². The molecule has 2 amide bonds. The monoisotopic (exact) mass is 425 g/mol. The fourth-order valence-electron chi connectivity index (χ4n) is 4.44. The minimum absolute atomic E-state index is 0.0468. The Labute approximate surface area is 181 Å².